The highest BCUT2D eigenvalue weighted by molar-refractivity contribution is 6.31. The lowest BCUT2D eigenvalue weighted by Crippen LogP contribution is -2.36. The maximum Gasteiger partial charge on any atom is 0.116 e. The zero-order chi connectivity index (χ0) is 11.8. The van der Waals surface area contributed by atoms with Gasteiger partial charge in [-0.1, -0.05) is 11.6 Å². The van der Waals surface area contributed by atoms with Gasteiger partial charge in [-0.25, -0.2) is 0 Å². The molecule has 0 atom stereocenters. The molecule has 0 radical (unpaired) electrons. The molecule has 1 fully saturated rings. The van der Waals surface area contributed by atoms with Crippen LogP contribution in [-0.4, -0.2) is 36.1 Å². The molecule has 1 saturated heterocycles. The summed E-state index contributed by atoms with van der Waals surface area (Å²) in [4.78, 5) is 2.28. The maximum atomic E-state index is 6.16. The maximum absolute atomic E-state index is 6.16. The first-order chi connectivity index (χ1) is 8.24. The third kappa shape index (κ3) is 1.98. The Labute approximate surface area is 105 Å². The van der Waals surface area contributed by atoms with Crippen molar-refractivity contribution < 1.29 is 4.74 Å². The van der Waals surface area contributed by atoms with Crippen LogP contribution in [-0.2, 0) is 11.8 Å². The van der Waals surface area contributed by atoms with E-state index in [0.29, 0.717) is 0 Å². The molecular weight excluding hydrogens is 238 g/mol. The number of anilines is 1. The Morgan fingerprint density at radius 3 is 2.82 bits per heavy atom. The summed E-state index contributed by atoms with van der Waals surface area (Å²) in [7, 11) is 1.93. The van der Waals surface area contributed by atoms with Crippen LogP contribution >= 0.6 is 11.6 Å². The first kappa shape index (κ1) is 10.9. The van der Waals surface area contributed by atoms with Crippen LogP contribution in [0.5, 0.6) is 0 Å². The molecule has 0 N–H and O–H groups in total. The van der Waals surface area contributed by atoms with E-state index in [0.717, 1.165) is 47.9 Å². The number of hydrogen-bond donors (Lipinski definition) is 0. The summed E-state index contributed by atoms with van der Waals surface area (Å²) in [5.74, 6) is 0. The highest BCUT2D eigenvalue weighted by Crippen LogP contribution is 2.30. The number of aromatic nitrogens is 2. The molecular formula is C12H14ClN3O. The smallest absolute Gasteiger partial charge is 0.116 e. The lowest BCUT2D eigenvalue weighted by molar-refractivity contribution is 0.123. The van der Waals surface area contributed by atoms with Gasteiger partial charge in [-0.15, -0.1) is 0 Å². The molecule has 0 spiro atoms. The molecule has 0 bridgehead atoms. The first-order valence-electron chi connectivity index (χ1n) is 5.69. The van der Waals surface area contributed by atoms with E-state index in [1.165, 1.54) is 0 Å². The average Bonchev–Trinajstić information content (AvgIpc) is 2.69. The SMILES string of the molecule is Cn1cc2cc(Cl)cc(N3CCOCC3)c2n1. The van der Waals surface area contributed by atoms with Crippen molar-refractivity contribution in [3.05, 3.63) is 23.4 Å². The molecule has 2 heterocycles. The number of ether oxygens (including phenoxy) is 1. The zero-order valence-electron chi connectivity index (χ0n) is 9.69. The van der Waals surface area contributed by atoms with Gasteiger partial charge in [-0.05, 0) is 12.1 Å². The van der Waals surface area contributed by atoms with Gasteiger partial charge in [-0.3, -0.25) is 4.68 Å². The van der Waals surface area contributed by atoms with Crippen molar-refractivity contribution in [1.82, 2.24) is 9.78 Å². The van der Waals surface area contributed by atoms with Gasteiger partial charge in [0.25, 0.3) is 0 Å². The summed E-state index contributed by atoms with van der Waals surface area (Å²) >= 11 is 6.16. The summed E-state index contributed by atoms with van der Waals surface area (Å²) in [6.07, 6.45) is 1.99. The normalized spacial score (nSPS) is 16.7. The van der Waals surface area contributed by atoms with E-state index in [9.17, 15) is 0 Å². The number of morpholine rings is 1. The van der Waals surface area contributed by atoms with Crippen molar-refractivity contribution in [3.63, 3.8) is 0 Å². The van der Waals surface area contributed by atoms with Crippen molar-refractivity contribution in [2.75, 3.05) is 31.2 Å². The number of aryl methyl sites for hydroxylation is 1. The molecule has 3 rings (SSSR count). The van der Waals surface area contributed by atoms with E-state index in [-0.39, 0.29) is 0 Å². The van der Waals surface area contributed by atoms with Gasteiger partial charge in [0.2, 0.25) is 0 Å². The molecule has 4 nitrogen and oxygen atoms in total. The Kier molecular flexibility index (Phi) is 2.68. The highest BCUT2D eigenvalue weighted by Gasteiger charge is 2.16. The molecule has 0 unspecified atom stereocenters. The number of nitrogens with zero attached hydrogens (tertiary/aromatic N) is 3. The van der Waals surface area contributed by atoms with Crippen LogP contribution in [0.2, 0.25) is 5.02 Å². The second-order valence-corrected chi connectivity index (χ2v) is 4.70. The van der Waals surface area contributed by atoms with Crippen LogP contribution in [0.25, 0.3) is 10.9 Å². The number of fused-ring (bicyclic) bond motifs is 1. The molecule has 0 aliphatic carbocycles. The van der Waals surface area contributed by atoms with Gasteiger partial charge in [0.15, 0.2) is 0 Å². The summed E-state index contributed by atoms with van der Waals surface area (Å²) in [5.41, 5.74) is 2.12. The summed E-state index contributed by atoms with van der Waals surface area (Å²) in [6, 6.07) is 3.94. The number of rotatable bonds is 1. The number of benzene rings is 1. The molecule has 90 valence electrons. The van der Waals surface area contributed by atoms with Gasteiger partial charge < -0.3 is 9.64 Å². The van der Waals surface area contributed by atoms with Crippen molar-refractivity contribution in [1.29, 1.82) is 0 Å². The van der Waals surface area contributed by atoms with E-state index in [2.05, 4.69) is 10.00 Å². The van der Waals surface area contributed by atoms with E-state index in [1.807, 2.05) is 30.1 Å². The third-order valence-electron chi connectivity index (χ3n) is 3.02. The van der Waals surface area contributed by atoms with Gasteiger partial charge in [0, 0.05) is 36.7 Å². The molecule has 0 amide bonds. The third-order valence-corrected chi connectivity index (χ3v) is 3.24. The van der Waals surface area contributed by atoms with Crippen LogP contribution in [0.15, 0.2) is 18.3 Å². The van der Waals surface area contributed by atoms with Gasteiger partial charge >= 0.3 is 0 Å². The topological polar surface area (TPSA) is 30.3 Å². The summed E-state index contributed by atoms with van der Waals surface area (Å²) in [6.45, 7) is 3.32. The van der Waals surface area contributed by atoms with Crippen molar-refractivity contribution in [3.8, 4) is 0 Å². The second kappa shape index (κ2) is 4.20. The predicted molar refractivity (Wildman–Crippen MR) is 68.8 cm³/mol. The minimum Gasteiger partial charge on any atom is -0.378 e. The molecule has 5 heteroatoms. The Bertz CT molecular complexity index is 546. The van der Waals surface area contributed by atoms with Crippen LogP contribution in [0.3, 0.4) is 0 Å². The second-order valence-electron chi connectivity index (χ2n) is 4.26. The number of halogens is 1. The van der Waals surface area contributed by atoms with Crippen LogP contribution in [0.1, 0.15) is 0 Å². The zero-order valence-corrected chi connectivity index (χ0v) is 10.4. The Morgan fingerprint density at radius 1 is 1.29 bits per heavy atom. The summed E-state index contributed by atoms with van der Waals surface area (Å²) < 4.78 is 7.19. The Hall–Kier alpha value is -1.26. The van der Waals surface area contributed by atoms with Gasteiger partial charge in [-0.2, -0.15) is 5.10 Å². The van der Waals surface area contributed by atoms with E-state index in [1.54, 1.807) is 0 Å². The monoisotopic (exact) mass is 251 g/mol. The number of hydrogen-bond acceptors (Lipinski definition) is 3. The van der Waals surface area contributed by atoms with Crippen molar-refractivity contribution >= 4 is 28.2 Å². The van der Waals surface area contributed by atoms with Crippen molar-refractivity contribution in [2.24, 2.45) is 7.05 Å². The van der Waals surface area contributed by atoms with Gasteiger partial charge in [0.1, 0.15) is 5.52 Å². The molecule has 1 aromatic heterocycles. The largest absolute Gasteiger partial charge is 0.378 e. The molecule has 2 aromatic rings. The molecule has 1 aliphatic rings. The highest BCUT2D eigenvalue weighted by atomic mass is 35.5. The molecule has 1 aromatic carbocycles. The fourth-order valence-corrected chi connectivity index (χ4v) is 2.47. The summed E-state index contributed by atoms with van der Waals surface area (Å²) in [5, 5.41) is 6.35. The first-order valence-corrected chi connectivity index (χ1v) is 6.07. The standard InChI is InChI=1S/C12H14ClN3O/c1-15-8-9-6-10(13)7-11(12(9)14-15)16-2-4-17-5-3-16/h6-8H,2-5H2,1H3. The fraction of sp³-hybridized carbons (Fsp3) is 0.417. The minimum absolute atomic E-state index is 0.756. The molecule has 1 aliphatic heterocycles. The molecule has 0 saturated carbocycles. The van der Waals surface area contributed by atoms with E-state index < -0.39 is 0 Å². The van der Waals surface area contributed by atoms with Gasteiger partial charge in [0.05, 0.1) is 18.9 Å². The lowest BCUT2D eigenvalue weighted by Gasteiger charge is -2.29. The average molecular weight is 252 g/mol. The fourth-order valence-electron chi connectivity index (χ4n) is 2.25. The lowest BCUT2D eigenvalue weighted by atomic mass is 10.2. The van der Waals surface area contributed by atoms with Crippen LogP contribution < -0.4 is 4.90 Å². The molecule has 17 heavy (non-hydrogen) atoms. The van der Waals surface area contributed by atoms with E-state index in [4.69, 9.17) is 16.3 Å². The Morgan fingerprint density at radius 2 is 2.06 bits per heavy atom. The van der Waals surface area contributed by atoms with Crippen LogP contribution in [0, 0.1) is 0 Å². The van der Waals surface area contributed by atoms with Crippen LogP contribution in [0.4, 0.5) is 5.69 Å². The Balaban J connectivity index is 2.12. The van der Waals surface area contributed by atoms with Crippen molar-refractivity contribution in [2.45, 2.75) is 0 Å². The van der Waals surface area contributed by atoms with E-state index >= 15 is 0 Å². The minimum atomic E-state index is 0.756. The quantitative estimate of drug-likeness (QED) is 0.777. The predicted octanol–water partition coefficient (Wildman–Crippen LogP) is 2.06.